The molecule has 1 N–H and O–H groups in total. The van der Waals surface area contributed by atoms with Crippen LogP contribution in [0.2, 0.25) is 0 Å². The van der Waals surface area contributed by atoms with Gasteiger partial charge in [0.15, 0.2) is 0 Å². The Morgan fingerprint density at radius 1 is 1.14 bits per heavy atom. The lowest BCUT2D eigenvalue weighted by molar-refractivity contribution is -0.145. The van der Waals surface area contributed by atoms with E-state index in [9.17, 15) is 9.90 Å². The minimum atomic E-state index is -0.766. The number of hydrogen-bond acceptors (Lipinski definition) is 5. The second-order valence-corrected chi connectivity index (χ2v) is 7.75. The minimum absolute atomic E-state index is 0.196. The van der Waals surface area contributed by atoms with Crippen LogP contribution < -0.4 is 9.47 Å². The van der Waals surface area contributed by atoms with E-state index in [1.165, 1.54) is 4.90 Å². The van der Waals surface area contributed by atoms with Gasteiger partial charge in [-0.25, -0.2) is 0 Å². The Labute approximate surface area is 170 Å². The minimum Gasteiger partial charge on any atom is -0.497 e. The van der Waals surface area contributed by atoms with Gasteiger partial charge in [0.25, 0.3) is 0 Å². The Kier molecular flexibility index (Phi) is 6.86. The van der Waals surface area contributed by atoms with E-state index in [0.717, 1.165) is 30.5 Å². The molecule has 1 aliphatic heterocycles. The molecule has 28 heavy (non-hydrogen) atoms. The van der Waals surface area contributed by atoms with Crippen LogP contribution in [0.4, 0.5) is 0 Å². The number of carboxylic acids is 1. The second-order valence-electron chi connectivity index (χ2n) is 6.87. The highest BCUT2D eigenvalue weighted by atomic mass is 32.2. The van der Waals surface area contributed by atoms with E-state index in [2.05, 4.69) is 29.2 Å². The average molecular weight is 402 g/mol. The summed E-state index contributed by atoms with van der Waals surface area (Å²) in [7, 11) is 3.26. The van der Waals surface area contributed by atoms with Crippen molar-refractivity contribution >= 4 is 17.7 Å². The van der Waals surface area contributed by atoms with Crippen molar-refractivity contribution in [2.75, 3.05) is 27.0 Å². The third-order valence-corrected chi connectivity index (χ3v) is 6.07. The zero-order chi connectivity index (χ0) is 20.1. The van der Waals surface area contributed by atoms with Crippen molar-refractivity contribution in [1.29, 1.82) is 0 Å². The van der Waals surface area contributed by atoms with Gasteiger partial charge < -0.3 is 14.6 Å². The molecule has 1 saturated heterocycles. The lowest BCUT2D eigenvalue weighted by Gasteiger charge is -2.40. The van der Waals surface area contributed by atoms with Gasteiger partial charge in [0.05, 0.1) is 20.3 Å². The second kappa shape index (κ2) is 9.34. The fourth-order valence-corrected chi connectivity index (χ4v) is 4.32. The van der Waals surface area contributed by atoms with Gasteiger partial charge in [-0.3, -0.25) is 9.69 Å². The first kappa shape index (κ1) is 20.6. The highest BCUT2D eigenvalue weighted by Crippen LogP contribution is 2.40. The topological polar surface area (TPSA) is 59.0 Å². The summed E-state index contributed by atoms with van der Waals surface area (Å²) in [5.41, 5.74) is 2.02. The van der Waals surface area contributed by atoms with E-state index in [-0.39, 0.29) is 6.04 Å². The fourth-order valence-electron chi connectivity index (χ4n) is 3.91. The molecule has 2 unspecified atom stereocenters. The van der Waals surface area contributed by atoms with Gasteiger partial charge in [-0.1, -0.05) is 18.6 Å². The van der Waals surface area contributed by atoms with E-state index < -0.39 is 12.0 Å². The van der Waals surface area contributed by atoms with Gasteiger partial charge in [-0.05, 0) is 55.5 Å². The molecule has 2 aromatic carbocycles. The summed E-state index contributed by atoms with van der Waals surface area (Å²) in [4.78, 5) is 15.3. The van der Waals surface area contributed by atoms with Gasteiger partial charge in [-0.2, -0.15) is 0 Å². The molecule has 0 aromatic heterocycles. The summed E-state index contributed by atoms with van der Waals surface area (Å²) in [5.74, 6) is 0.649. The Bertz CT molecular complexity index is 809. The molecule has 0 radical (unpaired) electrons. The average Bonchev–Trinajstić information content (AvgIpc) is 2.74. The van der Waals surface area contributed by atoms with Crippen molar-refractivity contribution in [3.8, 4) is 11.5 Å². The van der Waals surface area contributed by atoms with Crippen molar-refractivity contribution in [2.24, 2.45) is 0 Å². The van der Waals surface area contributed by atoms with Crippen LogP contribution in [0, 0.1) is 0 Å². The molecule has 2 atom stereocenters. The van der Waals surface area contributed by atoms with Crippen LogP contribution in [0.25, 0.3) is 0 Å². The molecule has 5 nitrogen and oxygen atoms in total. The van der Waals surface area contributed by atoms with Gasteiger partial charge >= 0.3 is 5.97 Å². The van der Waals surface area contributed by atoms with Gasteiger partial charge in [0.1, 0.15) is 17.5 Å². The van der Waals surface area contributed by atoms with Gasteiger partial charge in [0, 0.05) is 16.5 Å². The monoisotopic (exact) mass is 401 g/mol. The number of carboxylic acid groups (broad SMARTS) is 1. The van der Waals surface area contributed by atoms with Crippen LogP contribution in [0.1, 0.15) is 36.4 Å². The summed E-state index contributed by atoms with van der Waals surface area (Å²) in [6, 6.07) is 13.4. The van der Waals surface area contributed by atoms with Crippen LogP contribution in [0.3, 0.4) is 0 Å². The van der Waals surface area contributed by atoms with E-state index in [0.29, 0.717) is 17.9 Å². The maximum absolute atomic E-state index is 12.0. The van der Waals surface area contributed by atoms with Crippen LogP contribution in [-0.4, -0.2) is 49.0 Å². The summed E-state index contributed by atoms with van der Waals surface area (Å²) < 4.78 is 11.0. The predicted molar refractivity (Wildman–Crippen MR) is 112 cm³/mol. The molecule has 0 aliphatic carbocycles. The normalized spacial score (nSPS) is 18.5. The van der Waals surface area contributed by atoms with Crippen molar-refractivity contribution in [1.82, 2.24) is 4.90 Å². The first-order valence-electron chi connectivity index (χ1n) is 9.43. The van der Waals surface area contributed by atoms with Crippen LogP contribution in [0.5, 0.6) is 11.5 Å². The number of benzene rings is 2. The molecule has 0 bridgehead atoms. The van der Waals surface area contributed by atoms with E-state index in [4.69, 9.17) is 9.47 Å². The molecule has 1 fully saturated rings. The Morgan fingerprint density at radius 2 is 1.89 bits per heavy atom. The number of aliphatic carboxylic acids is 1. The Morgan fingerprint density at radius 3 is 2.50 bits per heavy atom. The molecule has 3 rings (SSSR count). The van der Waals surface area contributed by atoms with Crippen molar-refractivity contribution in [3.05, 3.63) is 53.6 Å². The maximum atomic E-state index is 12.0. The third kappa shape index (κ3) is 4.28. The van der Waals surface area contributed by atoms with Crippen LogP contribution in [0.15, 0.2) is 47.4 Å². The van der Waals surface area contributed by atoms with Crippen molar-refractivity contribution in [2.45, 2.75) is 36.2 Å². The first-order valence-corrected chi connectivity index (χ1v) is 10.7. The standard InChI is InChI=1S/C22H27NO4S/c1-26-16-9-12-18(20(14-16)27-2)21(15-7-10-17(28-3)11-8-15)23-13-5-4-6-19(23)22(24)25/h7-12,14,19,21H,4-6,13H2,1-3H3,(H,24,25). The number of thioether (sulfide) groups is 1. The maximum Gasteiger partial charge on any atom is 0.320 e. The zero-order valence-corrected chi connectivity index (χ0v) is 17.4. The molecule has 0 spiro atoms. The lowest BCUT2D eigenvalue weighted by atomic mass is 9.91. The molecule has 1 aliphatic rings. The van der Waals surface area contributed by atoms with E-state index in [1.54, 1.807) is 26.0 Å². The van der Waals surface area contributed by atoms with Crippen LogP contribution >= 0.6 is 11.8 Å². The van der Waals surface area contributed by atoms with Gasteiger partial charge in [0.2, 0.25) is 0 Å². The van der Waals surface area contributed by atoms with E-state index in [1.807, 2.05) is 24.5 Å². The van der Waals surface area contributed by atoms with Crippen molar-refractivity contribution < 1.29 is 19.4 Å². The Hall–Kier alpha value is -2.18. The number of carbonyl (C=O) groups is 1. The predicted octanol–water partition coefficient (Wildman–Crippen LogP) is 4.45. The largest absolute Gasteiger partial charge is 0.497 e. The van der Waals surface area contributed by atoms with Crippen molar-refractivity contribution in [3.63, 3.8) is 0 Å². The number of nitrogens with zero attached hydrogens (tertiary/aromatic N) is 1. The highest BCUT2D eigenvalue weighted by molar-refractivity contribution is 7.98. The Balaban J connectivity index is 2.12. The SMILES string of the molecule is COc1ccc(C(c2ccc(SC)cc2)N2CCCCC2C(=O)O)c(OC)c1. The molecule has 1 heterocycles. The molecular weight excluding hydrogens is 374 g/mol. The van der Waals surface area contributed by atoms with E-state index >= 15 is 0 Å². The first-order chi connectivity index (χ1) is 13.6. The number of rotatable bonds is 7. The number of likely N-dealkylation sites (tertiary alicyclic amines) is 1. The quantitative estimate of drug-likeness (QED) is 0.692. The summed E-state index contributed by atoms with van der Waals surface area (Å²) in [6.45, 7) is 0.737. The van der Waals surface area contributed by atoms with Gasteiger partial charge in [-0.15, -0.1) is 11.8 Å². The lowest BCUT2D eigenvalue weighted by Crippen LogP contribution is -2.46. The molecule has 2 aromatic rings. The van der Waals surface area contributed by atoms with Crippen LogP contribution in [-0.2, 0) is 4.79 Å². The molecule has 6 heteroatoms. The third-order valence-electron chi connectivity index (χ3n) is 5.33. The zero-order valence-electron chi connectivity index (χ0n) is 16.6. The summed E-state index contributed by atoms with van der Waals surface area (Å²) in [5, 5.41) is 9.85. The fraction of sp³-hybridized carbons (Fsp3) is 0.409. The number of methoxy groups -OCH3 is 2. The number of piperidine rings is 1. The number of ether oxygens (including phenoxy) is 2. The number of hydrogen-bond donors (Lipinski definition) is 1. The smallest absolute Gasteiger partial charge is 0.320 e. The molecular formula is C22H27NO4S. The summed E-state index contributed by atoms with van der Waals surface area (Å²) in [6.07, 6.45) is 4.63. The molecule has 150 valence electrons. The molecule has 0 saturated carbocycles. The molecule has 0 amide bonds. The summed E-state index contributed by atoms with van der Waals surface area (Å²) >= 11 is 1.69. The highest BCUT2D eigenvalue weighted by Gasteiger charge is 2.36.